The summed E-state index contributed by atoms with van der Waals surface area (Å²) in [4.78, 5) is 16.3. The number of hydrogen-bond donors (Lipinski definition) is 1. The van der Waals surface area contributed by atoms with E-state index in [1.165, 1.54) is 29.7 Å². The largest absolute Gasteiger partial charge is 0.273 e. The average Bonchev–Trinajstić information content (AvgIpc) is 3.05. The second-order valence-corrected chi connectivity index (χ2v) is 6.41. The van der Waals surface area contributed by atoms with E-state index in [1.54, 1.807) is 29.6 Å². The molecule has 2 aromatic carbocycles. The monoisotopic (exact) mass is 373 g/mol. The smallest absolute Gasteiger partial charge is 0.246 e. The van der Waals surface area contributed by atoms with E-state index in [4.69, 9.17) is 11.6 Å². The molecule has 1 heterocycles. The zero-order chi connectivity index (χ0) is 17.6. The quantitative estimate of drug-likeness (QED) is 0.535. The zero-order valence-electron chi connectivity index (χ0n) is 12.9. The van der Waals surface area contributed by atoms with Gasteiger partial charge < -0.3 is 0 Å². The van der Waals surface area contributed by atoms with Crippen molar-refractivity contribution >= 4 is 35.1 Å². The van der Waals surface area contributed by atoms with E-state index < -0.39 is 0 Å². The zero-order valence-corrected chi connectivity index (χ0v) is 14.5. The van der Waals surface area contributed by atoms with E-state index in [-0.39, 0.29) is 18.1 Å². The van der Waals surface area contributed by atoms with Gasteiger partial charge in [-0.1, -0.05) is 29.8 Å². The number of rotatable bonds is 5. The fourth-order valence-corrected chi connectivity index (χ4v) is 3.08. The van der Waals surface area contributed by atoms with Crippen LogP contribution in [0.4, 0.5) is 4.39 Å². The first-order chi connectivity index (χ1) is 12.1. The molecule has 0 saturated heterocycles. The molecule has 0 saturated carbocycles. The minimum atomic E-state index is -0.295. The standard InChI is InChI=1S/C18H13ClFN3OS/c19-16-4-2-1-3-13(16)10-21-23-17(24)9-15-11-25-18(22-15)12-5-7-14(20)8-6-12/h1-8,10-11H,9H2,(H,23,24)/b21-10-. The van der Waals surface area contributed by atoms with Crippen LogP contribution in [0, 0.1) is 5.82 Å². The normalized spacial score (nSPS) is 11.0. The van der Waals surface area contributed by atoms with Gasteiger partial charge in [-0.2, -0.15) is 5.10 Å². The molecule has 1 amide bonds. The molecule has 0 fully saturated rings. The molecule has 0 bridgehead atoms. The third-order valence-corrected chi connectivity index (χ3v) is 4.57. The van der Waals surface area contributed by atoms with Gasteiger partial charge in [0.25, 0.3) is 0 Å². The lowest BCUT2D eigenvalue weighted by atomic mass is 10.2. The van der Waals surface area contributed by atoms with Gasteiger partial charge in [-0.15, -0.1) is 11.3 Å². The van der Waals surface area contributed by atoms with Crippen LogP contribution in [0.2, 0.25) is 5.02 Å². The Kier molecular flexibility index (Phi) is 5.53. The molecule has 0 aliphatic heterocycles. The molecule has 3 rings (SSSR count). The Morgan fingerprint density at radius 2 is 2.00 bits per heavy atom. The molecule has 1 N–H and O–H groups in total. The van der Waals surface area contributed by atoms with Crippen molar-refractivity contribution in [1.82, 2.24) is 10.4 Å². The number of nitrogens with zero attached hydrogens (tertiary/aromatic N) is 2. The first-order valence-electron chi connectivity index (χ1n) is 7.38. The van der Waals surface area contributed by atoms with Crippen molar-refractivity contribution in [3.8, 4) is 10.6 Å². The number of hydrazone groups is 1. The molecule has 7 heteroatoms. The van der Waals surface area contributed by atoms with E-state index in [1.807, 2.05) is 12.1 Å². The lowest BCUT2D eigenvalue weighted by Gasteiger charge is -1.99. The maximum absolute atomic E-state index is 13.0. The summed E-state index contributed by atoms with van der Waals surface area (Å²) < 4.78 is 13.0. The Labute approximate surface area is 153 Å². The van der Waals surface area contributed by atoms with E-state index >= 15 is 0 Å². The summed E-state index contributed by atoms with van der Waals surface area (Å²) in [5.74, 6) is -0.574. The van der Waals surface area contributed by atoms with E-state index in [0.29, 0.717) is 10.7 Å². The van der Waals surface area contributed by atoms with Crippen LogP contribution in [0.25, 0.3) is 10.6 Å². The molecular weight excluding hydrogens is 361 g/mol. The molecule has 0 aliphatic carbocycles. The lowest BCUT2D eigenvalue weighted by Crippen LogP contribution is -2.19. The van der Waals surface area contributed by atoms with E-state index in [0.717, 1.165) is 16.1 Å². The van der Waals surface area contributed by atoms with E-state index in [2.05, 4.69) is 15.5 Å². The molecular formula is C18H13ClFN3OS. The van der Waals surface area contributed by atoms with Crippen LogP contribution in [0.1, 0.15) is 11.3 Å². The Morgan fingerprint density at radius 3 is 2.76 bits per heavy atom. The molecule has 4 nitrogen and oxygen atoms in total. The lowest BCUT2D eigenvalue weighted by molar-refractivity contribution is -0.120. The van der Waals surface area contributed by atoms with Crippen LogP contribution >= 0.6 is 22.9 Å². The predicted molar refractivity (Wildman–Crippen MR) is 98.4 cm³/mol. The van der Waals surface area contributed by atoms with Gasteiger partial charge >= 0.3 is 0 Å². The number of amides is 1. The van der Waals surface area contributed by atoms with Crippen molar-refractivity contribution < 1.29 is 9.18 Å². The van der Waals surface area contributed by atoms with Gasteiger partial charge in [0.1, 0.15) is 10.8 Å². The van der Waals surface area contributed by atoms with Gasteiger partial charge in [0, 0.05) is 21.5 Å². The third kappa shape index (κ3) is 4.71. The van der Waals surface area contributed by atoms with Crippen LogP contribution in [-0.4, -0.2) is 17.1 Å². The summed E-state index contributed by atoms with van der Waals surface area (Å²) in [6, 6.07) is 13.3. The summed E-state index contributed by atoms with van der Waals surface area (Å²) in [6.07, 6.45) is 1.60. The van der Waals surface area contributed by atoms with Crippen LogP contribution in [-0.2, 0) is 11.2 Å². The molecule has 1 aromatic heterocycles. The molecule has 0 atom stereocenters. The number of halogens is 2. The van der Waals surface area contributed by atoms with Crippen LogP contribution in [0.5, 0.6) is 0 Å². The van der Waals surface area contributed by atoms with Gasteiger partial charge in [-0.3, -0.25) is 4.79 Å². The Balaban J connectivity index is 1.58. The summed E-state index contributed by atoms with van der Waals surface area (Å²) in [5, 5.41) is 7.00. The van der Waals surface area contributed by atoms with Crippen molar-refractivity contribution in [1.29, 1.82) is 0 Å². The minimum Gasteiger partial charge on any atom is -0.273 e. The summed E-state index contributed by atoms with van der Waals surface area (Å²) in [7, 11) is 0. The van der Waals surface area contributed by atoms with E-state index in [9.17, 15) is 9.18 Å². The summed E-state index contributed by atoms with van der Waals surface area (Å²) in [6.45, 7) is 0. The first-order valence-corrected chi connectivity index (χ1v) is 8.64. The Hall–Kier alpha value is -2.57. The fourth-order valence-electron chi connectivity index (χ4n) is 2.07. The minimum absolute atomic E-state index is 0.109. The van der Waals surface area contributed by atoms with Crippen LogP contribution in [0.15, 0.2) is 59.0 Å². The number of thiazole rings is 1. The van der Waals surface area contributed by atoms with Crippen LogP contribution < -0.4 is 5.43 Å². The number of aromatic nitrogens is 1. The molecule has 25 heavy (non-hydrogen) atoms. The first kappa shape index (κ1) is 17.3. The van der Waals surface area contributed by atoms with Gasteiger partial charge in [0.15, 0.2) is 0 Å². The van der Waals surface area contributed by atoms with Crippen LogP contribution in [0.3, 0.4) is 0 Å². The second kappa shape index (κ2) is 8.00. The highest BCUT2D eigenvalue weighted by Crippen LogP contribution is 2.24. The number of carbonyl (C=O) groups excluding carboxylic acids is 1. The number of carbonyl (C=O) groups is 1. The van der Waals surface area contributed by atoms with Crippen molar-refractivity contribution in [2.45, 2.75) is 6.42 Å². The fraction of sp³-hybridized carbons (Fsp3) is 0.0556. The highest BCUT2D eigenvalue weighted by Gasteiger charge is 2.09. The number of nitrogens with one attached hydrogen (secondary N) is 1. The SMILES string of the molecule is O=C(Cc1csc(-c2ccc(F)cc2)n1)N/N=C\c1ccccc1Cl. The summed E-state index contributed by atoms with van der Waals surface area (Å²) >= 11 is 7.41. The highest BCUT2D eigenvalue weighted by molar-refractivity contribution is 7.13. The molecule has 3 aromatic rings. The van der Waals surface area contributed by atoms with Crippen molar-refractivity contribution in [3.63, 3.8) is 0 Å². The van der Waals surface area contributed by atoms with Gasteiger partial charge in [0.2, 0.25) is 5.91 Å². The molecule has 126 valence electrons. The van der Waals surface area contributed by atoms with Crippen molar-refractivity contribution in [2.24, 2.45) is 5.10 Å². The van der Waals surface area contributed by atoms with Gasteiger partial charge in [-0.05, 0) is 30.3 Å². The molecule has 0 aliphatic rings. The average molecular weight is 374 g/mol. The maximum atomic E-state index is 13.0. The third-order valence-electron chi connectivity index (χ3n) is 3.28. The number of hydrogen-bond acceptors (Lipinski definition) is 4. The Bertz CT molecular complexity index is 909. The molecule has 0 radical (unpaired) electrons. The van der Waals surface area contributed by atoms with Crippen molar-refractivity contribution in [3.05, 3.63) is 76.0 Å². The molecule has 0 unspecified atom stereocenters. The summed E-state index contributed by atoms with van der Waals surface area (Å²) in [5.41, 5.74) is 4.62. The maximum Gasteiger partial charge on any atom is 0.246 e. The molecule has 0 spiro atoms. The van der Waals surface area contributed by atoms with Crippen molar-refractivity contribution in [2.75, 3.05) is 0 Å². The second-order valence-electron chi connectivity index (χ2n) is 5.14. The van der Waals surface area contributed by atoms with Gasteiger partial charge in [0.05, 0.1) is 18.3 Å². The Morgan fingerprint density at radius 1 is 1.24 bits per heavy atom. The topological polar surface area (TPSA) is 54.4 Å². The highest BCUT2D eigenvalue weighted by atomic mass is 35.5. The number of benzene rings is 2. The predicted octanol–water partition coefficient (Wildman–Crippen LogP) is 4.30. The van der Waals surface area contributed by atoms with Gasteiger partial charge in [-0.25, -0.2) is 14.8 Å².